The Morgan fingerprint density at radius 2 is 2.17 bits per heavy atom. The van der Waals surface area contributed by atoms with Crippen LogP contribution in [-0.2, 0) is 0 Å². The van der Waals surface area contributed by atoms with Crippen molar-refractivity contribution in [1.82, 2.24) is 0 Å². The van der Waals surface area contributed by atoms with Crippen LogP contribution in [-0.4, -0.2) is 13.4 Å². The third kappa shape index (κ3) is 1.76. The Morgan fingerprint density at radius 3 is 2.67 bits per heavy atom. The van der Waals surface area contributed by atoms with Gasteiger partial charge in [-0.15, -0.1) is 0 Å². The van der Waals surface area contributed by atoms with Gasteiger partial charge in [0.1, 0.15) is 6.29 Å². The minimum atomic E-state index is 0.525. The van der Waals surface area contributed by atoms with Crippen molar-refractivity contribution in [1.29, 1.82) is 0 Å². The van der Waals surface area contributed by atoms with E-state index in [0.29, 0.717) is 17.1 Å². The highest BCUT2D eigenvalue weighted by Gasteiger charge is 2.03. The highest BCUT2D eigenvalue weighted by atomic mass is 79.9. The molecule has 0 saturated heterocycles. The smallest absolute Gasteiger partial charge is 0.179 e. The maximum Gasteiger partial charge on any atom is 0.179 e. The van der Waals surface area contributed by atoms with Gasteiger partial charge in [0.25, 0.3) is 0 Å². The molecule has 0 saturated carbocycles. The second kappa shape index (κ2) is 4.11. The average Bonchev–Trinajstić information content (AvgIpc) is 2.16. The normalized spacial score (nSPS) is 9.17. The molecule has 0 aliphatic heterocycles. The van der Waals surface area contributed by atoms with Gasteiger partial charge in [0, 0.05) is 5.56 Å². The second-order valence-electron chi connectivity index (χ2n) is 2.11. The van der Waals surface area contributed by atoms with Crippen molar-refractivity contribution >= 4 is 22.5 Å². The standard InChI is InChI=1S/C8H7BrO3/c1-11-8-4-6(5-10)2-3-7(8)12-9/h2-5H,1H3. The van der Waals surface area contributed by atoms with Crippen LogP contribution in [0.1, 0.15) is 10.4 Å². The van der Waals surface area contributed by atoms with Gasteiger partial charge in [0.15, 0.2) is 27.8 Å². The van der Waals surface area contributed by atoms with Gasteiger partial charge < -0.3 is 8.57 Å². The molecule has 0 aliphatic rings. The lowest BCUT2D eigenvalue weighted by atomic mass is 10.2. The second-order valence-corrected chi connectivity index (χ2v) is 2.43. The summed E-state index contributed by atoms with van der Waals surface area (Å²) in [5, 5.41) is 0. The summed E-state index contributed by atoms with van der Waals surface area (Å²) in [6.45, 7) is 0. The number of hydrogen-bond acceptors (Lipinski definition) is 3. The molecular formula is C8H7BrO3. The Labute approximate surface area is 78.7 Å². The SMILES string of the molecule is COc1cc(C=O)ccc1OBr. The first-order chi connectivity index (χ1) is 5.81. The highest BCUT2D eigenvalue weighted by molar-refractivity contribution is 9.06. The fourth-order valence-electron chi connectivity index (χ4n) is 0.821. The number of halogens is 1. The van der Waals surface area contributed by atoms with Gasteiger partial charge >= 0.3 is 0 Å². The van der Waals surface area contributed by atoms with Gasteiger partial charge in [-0.2, -0.15) is 0 Å². The summed E-state index contributed by atoms with van der Waals surface area (Å²) in [7, 11) is 1.51. The van der Waals surface area contributed by atoms with E-state index in [1.807, 2.05) is 0 Å². The van der Waals surface area contributed by atoms with Crippen molar-refractivity contribution in [3.8, 4) is 11.5 Å². The maximum absolute atomic E-state index is 10.4. The number of carbonyl (C=O) groups is 1. The summed E-state index contributed by atoms with van der Waals surface area (Å²) in [6, 6.07) is 4.90. The monoisotopic (exact) mass is 230 g/mol. The van der Waals surface area contributed by atoms with Crippen LogP contribution < -0.4 is 8.57 Å². The van der Waals surface area contributed by atoms with Crippen molar-refractivity contribution in [3.63, 3.8) is 0 Å². The lowest BCUT2D eigenvalue weighted by Crippen LogP contribution is -1.88. The van der Waals surface area contributed by atoms with Crippen molar-refractivity contribution in [2.75, 3.05) is 7.11 Å². The number of aldehydes is 1. The minimum absolute atomic E-state index is 0.525. The van der Waals surface area contributed by atoms with Gasteiger partial charge in [0.05, 0.1) is 7.11 Å². The third-order valence-corrected chi connectivity index (χ3v) is 1.76. The lowest BCUT2D eigenvalue weighted by Gasteiger charge is -2.04. The molecular weight excluding hydrogens is 224 g/mol. The summed E-state index contributed by atoms with van der Waals surface area (Å²) < 4.78 is 9.77. The van der Waals surface area contributed by atoms with Gasteiger partial charge in [-0.3, -0.25) is 4.79 Å². The van der Waals surface area contributed by atoms with Crippen LogP contribution in [0, 0.1) is 0 Å². The largest absolute Gasteiger partial charge is 0.493 e. The quantitative estimate of drug-likeness (QED) is 0.748. The predicted molar refractivity (Wildman–Crippen MR) is 47.9 cm³/mol. The fraction of sp³-hybridized carbons (Fsp3) is 0.125. The van der Waals surface area contributed by atoms with Crippen molar-refractivity contribution in [2.45, 2.75) is 0 Å². The molecule has 1 aromatic carbocycles. The minimum Gasteiger partial charge on any atom is -0.493 e. The molecule has 0 radical (unpaired) electrons. The molecule has 12 heavy (non-hydrogen) atoms. The summed E-state index contributed by atoms with van der Waals surface area (Å²) in [6.07, 6.45) is 0.751. The van der Waals surface area contributed by atoms with E-state index in [-0.39, 0.29) is 0 Å². The van der Waals surface area contributed by atoms with E-state index in [2.05, 4.69) is 16.3 Å². The Bertz CT molecular complexity index is 286. The number of ether oxygens (including phenoxy) is 1. The molecule has 0 aliphatic carbocycles. The third-order valence-electron chi connectivity index (χ3n) is 1.41. The molecule has 0 aromatic heterocycles. The first kappa shape index (κ1) is 9.06. The lowest BCUT2D eigenvalue weighted by molar-refractivity contribution is 0.112. The molecule has 0 unspecified atom stereocenters. The van der Waals surface area contributed by atoms with Gasteiger partial charge in [-0.25, -0.2) is 0 Å². The molecule has 3 nitrogen and oxygen atoms in total. The van der Waals surface area contributed by atoms with E-state index in [9.17, 15) is 4.79 Å². The Balaban J connectivity index is 3.10. The van der Waals surface area contributed by atoms with Crippen LogP contribution in [0.25, 0.3) is 0 Å². The van der Waals surface area contributed by atoms with E-state index >= 15 is 0 Å². The van der Waals surface area contributed by atoms with Crippen LogP contribution >= 0.6 is 16.3 Å². The molecule has 0 spiro atoms. The number of hydrogen-bond donors (Lipinski definition) is 0. The van der Waals surface area contributed by atoms with Gasteiger partial charge in [-0.05, 0) is 18.2 Å². The predicted octanol–water partition coefficient (Wildman–Crippen LogP) is 2.20. The molecule has 1 aromatic rings. The average molecular weight is 231 g/mol. The molecule has 0 amide bonds. The number of rotatable bonds is 3. The molecule has 1 rings (SSSR count). The molecule has 0 atom stereocenters. The molecule has 64 valence electrons. The molecule has 0 heterocycles. The zero-order valence-corrected chi connectivity index (χ0v) is 8.00. The van der Waals surface area contributed by atoms with E-state index in [0.717, 1.165) is 6.29 Å². The van der Waals surface area contributed by atoms with Crippen LogP contribution in [0.4, 0.5) is 0 Å². The van der Waals surface area contributed by atoms with Crippen LogP contribution in [0.2, 0.25) is 0 Å². The first-order valence-corrected chi connectivity index (χ1v) is 3.88. The molecule has 0 bridgehead atoms. The molecule has 0 fully saturated rings. The molecule has 0 N–H and O–H groups in total. The highest BCUT2D eigenvalue weighted by Crippen LogP contribution is 2.28. The summed E-state index contributed by atoms with van der Waals surface area (Å²) >= 11 is 2.83. The van der Waals surface area contributed by atoms with Crippen LogP contribution in [0.5, 0.6) is 11.5 Å². The zero-order chi connectivity index (χ0) is 8.97. The number of benzene rings is 1. The summed E-state index contributed by atoms with van der Waals surface area (Å²) in [4.78, 5) is 10.4. The van der Waals surface area contributed by atoms with E-state index < -0.39 is 0 Å². The van der Waals surface area contributed by atoms with E-state index in [1.54, 1.807) is 18.2 Å². The number of carbonyl (C=O) groups excluding carboxylic acids is 1. The zero-order valence-electron chi connectivity index (χ0n) is 6.41. The Morgan fingerprint density at radius 1 is 1.42 bits per heavy atom. The summed E-state index contributed by atoms with van der Waals surface area (Å²) in [5.41, 5.74) is 0.556. The van der Waals surface area contributed by atoms with Crippen molar-refractivity contribution < 1.29 is 13.4 Å². The first-order valence-electron chi connectivity index (χ1n) is 3.23. The van der Waals surface area contributed by atoms with Crippen molar-refractivity contribution in [2.24, 2.45) is 0 Å². The fourth-order valence-corrected chi connectivity index (χ4v) is 1.09. The van der Waals surface area contributed by atoms with Gasteiger partial charge in [-0.1, -0.05) is 0 Å². The Kier molecular flexibility index (Phi) is 3.10. The van der Waals surface area contributed by atoms with E-state index in [1.165, 1.54) is 7.11 Å². The van der Waals surface area contributed by atoms with E-state index in [4.69, 9.17) is 8.57 Å². The van der Waals surface area contributed by atoms with Crippen molar-refractivity contribution in [3.05, 3.63) is 23.8 Å². The van der Waals surface area contributed by atoms with Crippen LogP contribution in [0.3, 0.4) is 0 Å². The summed E-state index contributed by atoms with van der Waals surface area (Å²) in [5.74, 6) is 1.07. The Hall–Kier alpha value is -1.03. The number of methoxy groups -OCH3 is 1. The topological polar surface area (TPSA) is 35.5 Å². The van der Waals surface area contributed by atoms with Crippen LogP contribution in [0.15, 0.2) is 18.2 Å². The molecule has 4 heteroatoms. The van der Waals surface area contributed by atoms with Gasteiger partial charge in [0.2, 0.25) is 0 Å². The maximum atomic E-state index is 10.4.